The molecule has 1 unspecified atom stereocenters. The van der Waals surface area contributed by atoms with Crippen molar-refractivity contribution in [3.05, 3.63) is 18.5 Å². The van der Waals surface area contributed by atoms with Crippen LogP contribution < -0.4 is 5.32 Å². The zero-order valence-corrected chi connectivity index (χ0v) is 14.6. The fourth-order valence-electron chi connectivity index (χ4n) is 2.85. The van der Waals surface area contributed by atoms with Gasteiger partial charge in [-0.1, -0.05) is 0 Å². The summed E-state index contributed by atoms with van der Waals surface area (Å²) in [7, 11) is 0. The van der Waals surface area contributed by atoms with Gasteiger partial charge in [-0.3, -0.25) is 9.48 Å². The average Bonchev–Trinajstić information content (AvgIpc) is 3.16. The van der Waals surface area contributed by atoms with Gasteiger partial charge in [0, 0.05) is 31.5 Å². The quantitative estimate of drug-likeness (QED) is 0.887. The van der Waals surface area contributed by atoms with Crippen molar-refractivity contribution in [1.82, 2.24) is 20.0 Å². The predicted octanol–water partition coefficient (Wildman–Crippen LogP) is 2.28. The van der Waals surface area contributed by atoms with Crippen LogP contribution in [0.5, 0.6) is 0 Å². The van der Waals surface area contributed by atoms with Crippen molar-refractivity contribution < 1.29 is 4.79 Å². The monoisotopic (exact) mass is 348 g/mol. The van der Waals surface area contributed by atoms with Crippen molar-refractivity contribution in [2.24, 2.45) is 5.92 Å². The van der Waals surface area contributed by atoms with Crippen LogP contribution in [0.25, 0.3) is 0 Å². The number of nitrogens with one attached hydrogen (secondary N) is 1. The van der Waals surface area contributed by atoms with Crippen molar-refractivity contribution in [1.29, 1.82) is 0 Å². The minimum absolute atomic E-state index is 0. The fraction of sp³-hybridized carbons (Fsp3) is 0.733. The van der Waals surface area contributed by atoms with E-state index in [-0.39, 0.29) is 36.8 Å². The van der Waals surface area contributed by atoms with E-state index >= 15 is 0 Å². The van der Waals surface area contributed by atoms with Crippen LogP contribution in [0.1, 0.15) is 38.6 Å². The van der Waals surface area contributed by atoms with E-state index in [0.717, 1.165) is 31.8 Å². The highest BCUT2D eigenvalue weighted by atomic mass is 35.5. The van der Waals surface area contributed by atoms with E-state index in [1.807, 2.05) is 24.1 Å². The molecule has 126 valence electrons. The summed E-state index contributed by atoms with van der Waals surface area (Å²) < 4.78 is 1.74. The summed E-state index contributed by atoms with van der Waals surface area (Å²) in [6.07, 6.45) is 8.51. The first-order chi connectivity index (χ1) is 9.74. The van der Waals surface area contributed by atoms with Gasteiger partial charge in [-0.05, 0) is 51.1 Å². The number of hydrogen-bond acceptors (Lipinski definition) is 3. The van der Waals surface area contributed by atoms with Crippen LogP contribution >= 0.6 is 24.8 Å². The van der Waals surface area contributed by atoms with Gasteiger partial charge in [0.25, 0.3) is 0 Å². The van der Waals surface area contributed by atoms with Crippen LogP contribution in [0.15, 0.2) is 18.5 Å². The highest BCUT2D eigenvalue weighted by Crippen LogP contribution is 2.28. The molecule has 1 aromatic rings. The van der Waals surface area contributed by atoms with Gasteiger partial charge in [-0.15, -0.1) is 24.8 Å². The summed E-state index contributed by atoms with van der Waals surface area (Å²) in [4.78, 5) is 14.4. The van der Waals surface area contributed by atoms with Gasteiger partial charge in [-0.25, -0.2) is 0 Å². The number of nitrogens with zero attached hydrogens (tertiary/aromatic N) is 3. The second-order valence-corrected chi connectivity index (χ2v) is 6.11. The van der Waals surface area contributed by atoms with Crippen LogP contribution in [-0.4, -0.2) is 46.3 Å². The number of piperidine rings is 1. The van der Waals surface area contributed by atoms with Crippen molar-refractivity contribution in [3.63, 3.8) is 0 Å². The normalized spacial score (nSPS) is 20.0. The number of carbonyl (C=O) groups is 1. The maximum Gasteiger partial charge on any atom is 0.247 e. The molecule has 1 aliphatic heterocycles. The molecule has 0 aromatic carbocycles. The van der Waals surface area contributed by atoms with E-state index in [1.54, 1.807) is 10.9 Å². The largest absolute Gasteiger partial charge is 0.341 e. The molecule has 0 bridgehead atoms. The molecule has 1 saturated heterocycles. The Morgan fingerprint density at radius 1 is 1.27 bits per heavy atom. The highest BCUT2D eigenvalue weighted by Gasteiger charge is 2.28. The first kappa shape index (κ1) is 19.3. The molecular formula is C15H26Cl2N4O. The summed E-state index contributed by atoms with van der Waals surface area (Å²) in [6.45, 7) is 4.83. The first-order valence-corrected chi connectivity index (χ1v) is 7.75. The van der Waals surface area contributed by atoms with Crippen molar-refractivity contribution in [2.75, 3.05) is 19.6 Å². The summed E-state index contributed by atoms with van der Waals surface area (Å²) in [6, 6.07) is 2.26. The van der Waals surface area contributed by atoms with Crippen LogP contribution in [0.3, 0.4) is 0 Å². The Morgan fingerprint density at radius 2 is 1.95 bits per heavy atom. The molecule has 1 atom stereocenters. The first-order valence-electron chi connectivity index (χ1n) is 7.75. The second-order valence-electron chi connectivity index (χ2n) is 6.11. The lowest BCUT2D eigenvalue weighted by molar-refractivity contribution is -0.135. The molecule has 5 nitrogen and oxygen atoms in total. The molecule has 2 aliphatic rings. The molecule has 22 heavy (non-hydrogen) atoms. The predicted molar refractivity (Wildman–Crippen MR) is 91.8 cm³/mol. The van der Waals surface area contributed by atoms with Gasteiger partial charge in [-0.2, -0.15) is 5.10 Å². The number of carbonyl (C=O) groups excluding carboxylic acids is 1. The Kier molecular flexibility index (Phi) is 7.66. The van der Waals surface area contributed by atoms with Gasteiger partial charge in [0.2, 0.25) is 5.91 Å². The van der Waals surface area contributed by atoms with E-state index in [9.17, 15) is 4.79 Å². The number of likely N-dealkylation sites (tertiary alicyclic amines) is 1. The maximum absolute atomic E-state index is 12.4. The van der Waals surface area contributed by atoms with Gasteiger partial charge in [0.15, 0.2) is 0 Å². The van der Waals surface area contributed by atoms with Crippen LogP contribution in [0.2, 0.25) is 0 Å². The van der Waals surface area contributed by atoms with Gasteiger partial charge >= 0.3 is 0 Å². The van der Waals surface area contributed by atoms with Gasteiger partial charge in [0.1, 0.15) is 6.04 Å². The molecule has 1 amide bonds. The Balaban J connectivity index is 0.00000121. The second kappa shape index (κ2) is 8.75. The summed E-state index contributed by atoms with van der Waals surface area (Å²) in [5.74, 6) is 1.11. The molecule has 2 heterocycles. The Morgan fingerprint density at radius 3 is 2.50 bits per heavy atom. The minimum Gasteiger partial charge on any atom is -0.341 e. The highest BCUT2D eigenvalue weighted by molar-refractivity contribution is 5.85. The number of amides is 1. The smallest absolute Gasteiger partial charge is 0.247 e. The minimum atomic E-state index is -0.194. The molecular weight excluding hydrogens is 323 g/mol. The lowest BCUT2D eigenvalue weighted by atomic mass is 10.0. The number of hydrogen-bond donors (Lipinski definition) is 1. The molecule has 0 spiro atoms. The number of aromatic nitrogens is 2. The topological polar surface area (TPSA) is 50.2 Å². The van der Waals surface area contributed by atoms with E-state index in [1.165, 1.54) is 19.4 Å². The molecule has 3 rings (SSSR count). The van der Waals surface area contributed by atoms with Crippen LogP contribution in [0, 0.1) is 5.92 Å². The molecule has 1 N–H and O–H groups in total. The molecule has 0 radical (unpaired) electrons. The summed E-state index contributed by atoms with van der Waals surface area (Å²) in [5.41, 5.74) is 0. The Labute approximate surface area is 144 Å². The Hall–Kier alpha value is -0.780. The van der Waals surface area contributed by atoms with E-state index < -0.39 is 0 Å². The third kappa shape index (κ3) is 4.86. The SMILES string of the molecule is CC(C(=O)N1CCC(NCC2CC2)CC1)n1cccn1.Cl.Cl. The summed E-state index contributed by atoms with van der Waals surface area (Å²) >= 11 is 0. The zero-order valence-electron chi connectivity index (χ0n) is 13.0. The van der Waals surface area contributed by atoms with Crippen molar-refractivity contribution in [2.45, 2.75) is 44.7 Å². The van der Waals surface area contributed by atoms with E-state index in [4.69, 9.17) is 0 Å². The lowest BCUT2D eigenvalue weighted by Gasteiger charge is -2.34. The maximum atomic E-state index is 12.4. The molecule has 7 heteroatoms. The molecule has 1 aliphatic carbocycles. The lowest BCUT2D eigenvalue weighted by Crippen LogP contribution is -2.47. The van der Waals surface area contributed by atoms with Gasteiger partial charge in [0.05, 0.1) is 0 Å². The number of rotatable bonds is 5. The van der Waals surface area contributed by atoms with Crippen LogP contribution in [-0.2, 0) is 4.79 Å². The van der Waals surface area contributed by atoms with Crippen LogP contribution in [0.4, 0.5) is 0 Å². The molecule has 1 aromatic heterocycles. The standard InChI is InChI=1S/C15H24N4O.2ClH/c1-12(19-8-2-7-17-19)15(20)18-9-5-14(6-10-18)16-11-13-3-4-13;;/h2,7-8,12-14,16H,3-6,9-11H2,1H3;2*1H. The van der Waals surface area contributed by atoms with Crippen molar-refractivity contribution in [3.8, 4) is 0 Å². The van der Waals surface area contributed by atoms with Crippen molar-refractivity contribution >= 4 is 30.7 Å². The molecule has 2 fully saturated rings. The third-order valence-electron chi connectivity index (χ3n) is 4.48. The zero-order chi connectivity index (χ0) is 13.9. The third-order valence-corrected chi connectivity index (χ3v) is 4.48. The summed E-state index contributed by atoms with van der Waals surface area (Å²) in [5, 5.41) is 7.80. The fourth-order valence-corrected chi connectivity index (χ4v) is 2.85. The number of halogens is 2. The van der Waals surface area contributed by atoms with E-state index in [2.05, 4.69) is 10.4 Å². The van der Waals surface area contributed by atoms with E-state index in [0.29, 0.717) is 6.04 Å². The van der Waals surface area contributed by atoms with Gasteiger partial charge < -0.3 is 10.2 Å². The average molecular weight is 349 g/mol. The molecule has 1 saturated carbocycles. The Bertz CT molecular complexity index is 442.